The molecule has 0 saturated carbocycles. The highest BCUT2D eigenvalue weighted by Gasteiger charge is 2.51. The first kappa shape index (κ1) is 21.5. The molecule has 7 aromatic rings. The fourth-order valence-electron chi connectivity index (χ4n) is 7.33. The number of rotatable bonds is 0. The zero-order valence-corrected chi connectivity index (χ0v) is 22.5. The largest absolute Gasteiger partial charge is 0.456 e. The normalized spacial score (nSPS) is 16.4. The van der Waals surface area contributed by atoms with Gasteiger partial charge in [-0.25, -0.2) is 0 Å². The van der Waals surface area contributed by atoms with E-state index < -0.39 is 5.41 Å². The van der Waals surface area contributed by atoms with Gasteiger partial charge in [0.25, 0.3) is 0 Å². The van der Waals surface area contributed by atoms with Crippen LogP contribution in [0.4, 0.5) is 0 Å². The Balaban J connectivity index is 1.59. The van der Waals surface area contributed by atoms with E-state index in [1.165, 1.54) is 55.6 Å². The Kier molecular flexibility index (Phi) is 4.19. The fourth-order valence-corrected chi connectivity index (χ4v) is 7.70. The van der Waals surface area contributed by atoms with Gasteiger partial charge in [-0.15, -0.1) is 0 Å². The van der Waals surface area contributed by atoms with E-state index in [1.54, 1.807) is 0 Å². The van der Waals surface area contributed by atoms with Crippen LogP contribution in [0.15, 0.2) is 136 Å². The lowest BCUT2D eigenvalue weighted by Crippen LogP contribution is -2.29. The Morgan fingerprint density at radius 3 is 1.82 bits per heavy atom. The molecule has 1 atom stereocenters. The molecule has 0 radical (unpaired) electrons. The first-order chi connectivity index (χ1) is 19.3. The molecule has 39 heavy (non-hydrogen) atoms. The summed E-state index contributed by atoms with van der Waals surface area (Å²) in [5, 5.41) is 2.32. The second kappa shape index (κ2) is 7.59. The minimum Gasteiger partial charge on any atom is -0.456 e. The van der Waals surface area contributed by atoms with Crippen LogP contribution in [0.5, 0.6) is 0 Å². The van der Waals surface area contributed by atoms with Gasteiger partial charge in [0, 0.05) is 20.8 Å². The molecule has 2 aliphatic rings. The molecule has 6 aromatic carbocycles. The number of para-hydroxylation sites is 1. The highest BCUT2D eigenvalue weighted by atomic mass is 79.9. The fraction of sp³-hybridized carbons (Fsp3) is 0.0270. The van der Waals surface area contributed by atoms with Gasteiger partial charge < -0.3 is 4.42 Å². The van der Waals surface area contributed by atoms with Crippen LogP contribution in [-0.2, 0) is 5.41 Å². The third kappa shape index (κ3) is 2.60. The van der Waals surface area contributed by atoms with Crippen LogP contribution in [-0.4, -0.2) is 0 Å². The predicted molar refractivity (Wildman–Crippen MR) is 163 cm³/mol. The number of hydrogen-bond donors (Lipinski definition) is 0. The Morgan fingerprint density at radius 2 is 1.05 bits per heavy atom. The lowest BCUT2D eigenvalue weighted by Gasteiger charge is -2.35. The van der Waals surface area contributed by atoms with E-state index in [4.69, 9.17) is 4.42 Å². The molecule has 2 aliphatic carbocycles. The first-order valence-electron chi connectivity index (χ1n) is 13.3. The summed E-state index contributed by atoms with van der Waals surface area (Å²) in [6, 6.07) is 46.5. The van der Waals surface area contributed by atoms with Crippen LogP contribution in [0.3, 0.4) is 0 Å². The third-order valence-electron chi connectivity index (χ3n) is 8.77. The summed E-state index contributed by atoms with van der Waals surface area (Å²) < 4.78 is 7.89. The van der Waals surface area contributed by atoms with Crippen LogP contribution in [0, 0.1) is 0 Å². The molecule has 0 amide bonds. The molecule has 0 fully saturated rings. The summed E-state index contributed by atoms with van der Waals surface area (Å²) in [7, 11) is 0. The molecule has 1 unspecified atom stereocenters. The maximum atomic E-state index is 6.82. The smallest absolute Gasteiger partial charge is 0.140 e. The van der Waals surface area contributed by atoms with E-state index in [0.29, 0.717) is 0 Å². The Morgan fingerprint density at radius 1 is 0.462 bits per heavy atom. The second-order valence-electron chi connectivity index (χ2n) is 10.5. The lowest BCUT2D eigenvalue weighted by molar-refractivity contribution is 0.650. The van der Waals surface area contributed by atoms with Crippen LogP contribution >= 0.6 is 15.9 Å². The number of furan rings is 1. The standard InChI is InChI=1S/C37H21BrO/c38-22-17-20-33-30(21-22)24-10-2-1-9-23(24)25-11-3-6-14-31(25)37(33)32-15-7-4-12-26(32)28-18-19-29-27-13-5-8-16-34(27)39-36(29)35(28)37/h1-21H. The molecule has 1 heterocycles. The van der Waals surface area contributed by atoms with Gasteiger partial charge >= 0.3 is 0 Å². The van der Waals surface area contributed by atoms with Gasteiger partial charge in [0.2, 0.25) is 0 Å². The summed E-state index contributed by atoms with van der Waals surface area (Å²) in [6.45, 7) is 0. The van der Waals surface area contributed by atoms with Crippen molar-refractivity contribution in [3.63, 3.8) is 0 Å². The summed E-state index contributed by atoms with van der Waals surface area (Å²) in [5.74, 6) is 0. The van der Waals surface area contributed by atoms with Gasteiger partial charge in [0.15, 0.2) is 0 Å². The van der Waals surface area contributed by atoms with E-state index in [-0.39, 0.29) is 0 Å². The maximum absolute atomic E-state index is 6.82. The van der Waals surface area contributed by atoms with Crippen LogP contribution in [0.25, 0.3) is 55.3 Å². The van der Waals surface area contributed by atoms with Crippen LogP contribution in [0.2, 0.25) is 0 Å². The zero-order valence-electron chi connectivity index (χ0n) is 20.9. The highest BCUT2D eigenvalue weighted by Crippen LogP contribution is 2.63. The van der Waals surface area contributed by atoms with Crippen molar-refractivity contribution in [2.45, 2.75) is 5.41 Å². The first-order valence-corrected chi connectivity index (χ1v) is 14.1. The SMILES string of the molecule is Brc1ccc2c(c1)-c1ccccc1-c1ccccc1C21c2ccccc2-c2ccc3c(oc4ccccc43)c21. The van der Waals surface area contributed by atoms with Crippen LogP contribution < -0.4 is 0 Å². The Labute approximate surface area is 234 Å². The summed E-state index contributed by atoms with van der Waals surface area (Å²) in [4.78, 5) is 0. The molecule has 1 nitrogen and oxygen atoms in total. The molecule has 0 bridgehead atoms. The molecule has 2 heteroatoms. The minimum atomic E-state index is -0.551. The lowest BCUT2D eigenvalue weighted by atomic mass is 9.65. The minimum absolute atomic E-state index is 0.551. The zero-order chi connectivity index (χ0) is 25.7. The van der Waals surface area contributed by atoms with Crippen molar-refractivity contribution in [3.8, 4) is 33.4 Å². The number of halogens is 1. The molecular formula is C37H21BrO. The monoisotopic (exact) mass is 560 g/mol. The van der Waals surface area contributed by atoms with Gasteiger partial charge in [0.1, 0.15) is 11.2 Å². The van der Waals surface area contributed by atoms with E-state index >= 15 is 0 Å². The average molecular weight is 561 g/mol. The van der Waals surface area contributed by atoms with Gasteiger partial charge in [-0.1, -0.05) is 119 Å². The highest BCUT2D eigenvalue weighted by molar-refractivity contribution is 9.10. The molecule has 0 saturated heterocycles. The molecule has 9 rings (SSSR count). The van der Waals surface area contributed by atoms with Gasteiger partial charge in [-0.2, -0.15) is 0 Å². The predicted octanol–water partition coefficient (Wildman–Crippen LogP) is 10.4. The molecular weight excluding hydrogens is 540 g/mol. The summed E-state index contributed by atoms with van der Waals surface area (Å²) in [5.41, 5.74) is 14.0. The van der Waals surface area contributed by atoms with Gasteiger partial charge in [0.05, 0.1) is 5.41 Å². The number of benzene rings is 6. The van der Waals surface area contributed by atoms with Gasteiger partial charge in [-0.05, 0) is 74.3 Å². The summed E-state index contributed by atoms with van der Waals surface area (Å²) in [6.07, 6.45) is 0. The van der Waals surface area contributed by atoms with E-state index in [0.717, 1.165) is 26.4 Å². The molecule has 0 N–H and O–H groups in total. The molecule has 0 aliphatic heterocycles. The van der Waals surface area contributed by atoms with Gasteiger partial charge in [-0.3, -0.25) is 0 Å². The van der Waals surface area contributed by atoms with Crippen molar-refractivity contribution >= 4 is 37.9 Å². The van der Waals surface area contributed by atoms with Crippen LogP contribution in [0.1, 0.15) is 22.3 Å². The average Bonchev–Trinajstić information content (AvgIpc) is 3.48. The molecule has 182 valence electrons. The number of hydrogen-bond acceptors (Lipinski definition) is 1. The van der Waals surface area contributed by atoms with Crippen molar-refractivity contribution in [2.75, 3.05) is 0 Å². The van der Waals surface area contributed by atoms with E-state index in [9.17, 15) is 0 Å². The third-order valence-corrected chi connectivity index (χ3v) is 9.26. The number of fused-ring (bicyclic) bond motifs is 16. The van der Waals surface area contributed by atoms with Crippen molar-refractivity contribution in [1.29, 1.82) is 0 Å². The summed E-state index contributed by atoms with van der Waals surface area (Å²) >= 11 is 3.81. The van der Waals surface area contributed by atoms with Crippen molar-refractivity contribution in [1.82, 2.24) is 0 Å². The topological polar surface area (TPSA) is 13.1 Å². The van der Waals surface area contributed by atoms with E-state index in [1.807, 2.05) is 0 Å². The van der Waals surface area contributed by atoms with Crippen molar-refractivity contribution in [2.24, 2.45) is 0 Å². The van der Waals surface area contributed by atoms with Crippen molar-refractivity contribution < 1.29 is 4.42 Å². The Bertz CT molecular complexity index is 2150. The van der Waals surface area contributed by atoms with E-state index in [2.05, 4.69) is 143 Å². The quantitative estimate of drug-likeness (QED) is 0.180. The second-order valence-corrected chi connectivity index (χ2v) is 11.5. The molecule has 1 spiro atoms. The molecule has 1 aromatic heterocycles. The Hall–Kier alpha value is -4.40. The van der Waals surface area contributed by atoms with Crippen molar-refractivity contribution in [3.05, 3.63) is 154 Å². The maximum Gasteiger partial charge on any atom is 0.140 e.